The van der Waals surface area contributed by atoms with Crippen molar-refractivity contribution >= 4 is 43.6 Å². The van der Waals surface area contributed by atoms with E-state index < -0.39 is 0 Å². The van der Waals surface area contributed by atoms with Crippen LogP contribution in [0, 0.1) is 0 Å². The first-order valence-electron chi connectivity index (χ1n) is 7.86. The molecule has 0 atom stereocenters. The Labute approximate surface area is 138 Å². The van der Waals surface area contributed by atoms with Crippen molar-refractivity contribution in [3.05, 3.63) is 48.5 Å². The molecule has 5 aromatic rings. The predicted octanol–water partition coefficient (Wildman–Crippen LogP) is 4.97. The number of aromatic amines is 2. The number of fused-ring (bicyclic) bond motifs is 7. The van der Waals surface area contributed by atoms with Crippen LogP contribution in [-0.2, 0) is 0 Å². The third-order valence-corrected chi connectivity index (χ3v) is 4.76. The fourth-order valence-corrected chi connectivity index (χ4v) is 3.56. The number of ether oxygens (including phenoxy) is 2. The van der Waals surface area contributed by atoms with Crippen molar-refractivity contribution in [3.8, 4) is 11.5 Å². The van der Waals surface area contributed by atoms with Gasteiger partial charge in [0.1, 0.15) is 11.5 Å². The predicted molar refractivity (Wildman–Crippen MR) is 98.3 cm³/mol. The van der Waals surface area contributed by atoms with E-state index in [1.165, 1.54) is 21.5 Å². The number of benzene rings is 3. The van der Waals surface area contributed by atoms with Crippen molar-refractivity contribution in [3.63, 3.8) is 0 Å². The maximum absolute atomic E-state index is 5.34. The highest BCUT2D eigenvalue weighted by Crippen LogP contribution is 2.36. The standard InChI is InChI=1S/C20H16N2O2/c1-23-11-3-5-13-15-7-8-16-14-6-4-12(24-2)10-18(14)22-20(16)19(15)21-17(13)9-11/h3-10,21-22H,1-2H3. The van der Waals surface area contributed by atoms with E-state index in [4.69, 9.17) is 9.47 Å². The molecule has 0 aliphatic rings. The molecule has 4 nitrogen and oxygen atoms in total. The second-order valence-electron chi connectivity index (χ2n) is 5.98. The van der Waals surface area contributed by atoms with Crippen LogP contribution in [0.3, 0.4) is 0 Å². The van der Waals surface area contributed by atoms with Crippen molar-refractivity contribution in [1.29, 1.82) is 0 Å². The lowest BCUT2D eigenvalue weighted by atomic mass is 10.1. The molecule has 2 aromatic heterocycles. The smallest absolute Gasteiger partial charge is 0.120 e. The van der Waals surface area contributed by atoms with E-state index >= 15 is 0 Å². The minimum Gasteiger partial charge on any atom is -0.497 e. The van der Waals surface area contributed by atoms with E-state index in [9.17, 15) is 0 Å². The molecule has 0 amide bonds. The lowest BCUT2D eigenvalue weighted by Crippen LogP contribution is -1.81. The number of H-pyrrole nitrogens is 2. The summed E-state index contributed by atoms with van der Waals surface area (Å²) in [5.41, 5.74) is 4.39. The van der Waals surface area contributed by atoms with Crippen LogP contribution in [0.25, 0.3) is 43.6 Å². The van der Waals surface area contributed by atoms with Gasteiger partial charge in [-0.25, -0.2) is 0 Å². The van der Waals surface area contributed by atoms with E-state index in [1.54, 1.807) is 14.2 Å². The fourth-order valence-electron chi connectivity index (χ4n) is 3.56. The third-order valence-electron chi connectivity index (χ3n) is 4.76. The van der Waals surface area contributed by atoms with Gasteiger partial charge in [-0.1, -0.05) is 12.1 Å². The van der Waals surface area contributed by atoms with Gasteiger partial charge < -0.3 is 19.4 Å². The maximum atomic E-state index is 5.34. The summed E-state index contributed by atoms with van der Waals surface area (Å²) in [6.07, 6.45) is 0. The molecule has 2 heterocycles. The fraction of sp³-hybridized carbons (Fsp3) is 0.100. The lowest BCUT2D eigenvalue weighted by Gasteiger charge is -1.98. The van der Waals surface area contributed by atoms with Gasteiger partial charge in [-0.15, -0.1) is 0 Å². The molecular weight excluding hydrogens is 300 g/mol. The summed E-state index contributed by atoms with van der Waals surface area (Å²) in [4.78, 5) is 7.09. The van der Waals surface area contributed by atoms with Crippen molar-refractivity contribution in [1.82, 2.24) is 9.97 Å². The highest BCUT2D eigenvalue weighted by molar-refractivity contribution is 6.21. The van der Waals surface area contributed by atoms with Crippen LogP contribution >= 0.6 is 0 Å². The summed E-state index contributed by atoms with van der Waals surface area (Å²) in [5, 5.41) is 4.81. The first-order chi connectivity index (χ1) is 11.8. The first kappa shape index (κ1) is 13.3. The largest absolute Gasteiger partial charge is 0.497 e. The van der Waals surface area contributed by atoms with E-state index in [0.717, 1.165) is 33.6 Å². The third kappa shape index (κ3) is 1.68. The SMILES string of the molecule is COc1ccc2c(c1)[nH]c1c2ccc2c3ccc(OC)cc3[nH]c21. The summed E-state index contributed by atoms with van der Waals surface area (Å²) < 4.78 is 10.7. The number of methoxy groups -OCH3 is 2. The van der Waals surface area contributed by atoms with Gasteiger partial charge in [0, 0.05) is 33.7 Å². The number of hydrogen-bond donors (Lipinski definition) is 2. The average Bonchev–Trinajstić information content (AvgIpc) is 3.18. The second-order valence-corrected chi connectivity index (χ2v) is 5.98. The van der Waals surface area contributed by atoms with E-state index in [2.05, 4.69) is 34.2 Å². The van der Waals surface area contributed by atoms with E-state index in [1.807, 2.05) is 24.3 Å². The van der Waals surface area contributed by atoms with Gasteiger partial charge in [-0.05, 0) is 24.3 Å². The maximum Gasteiger partial charge on any atom is 0.120 e. The highest BCUT2D eigenvalue weighted by atomic mass is 16.5. The van der Waals surface area contributed by atoms with Crippen LogP contribution in [0.2, 0.25) is 0 Å². The molecule has 0 aliphatic carbocycles. The zero-order valence-corrected chi connectivity index (χ0v) is 13.4. The Morgan fingerprint density at radius 2 is 1.00 bits per heavy atom. The van der Waals surface area contributed by atoms with Crippen molar-refractivity contribution in [2.24, 2.45) is 0 Å². The van der Waals surface area contributed by atoms with Crippen LogP contribution < -0.4 is 9.47 Å². The van der Waals surface area contributed by atoms with Gasteiger partial charge in [0.05, 0.1) is 36.3 Å². The Balaban J connectivity index is 1.91. The van der Waals surface area contributed by atoms with Crippen molar-refractivity contribution < 1.29 is 9.47 Å². The molecule has 2 N–H and O–H groups in total. The summed E-state index contributed by atoms with van der Waals surface area (Å²) in [5.74, 6) is 1.71. The molecule has 0 bridgehead atoms. The summed E-state index contributed by atoms with van der Waals surface area (Å²) in [6, 6.07) is 16.6. The Morgan fingerprint density at radius 1 is 0.583 bits per heavy atom. The quantitative estimate of drug-likeness (QED) is 0.483. The molecule has 0 unspecified atom stereocenters. The van der Waals surface area contributed by atoms with Gasteiger partial charge >= 0.3 is 0 Å². The Bertz CT molecular complexity index is 1130. The minimum atomic E-state index is 0.853. The zero-order chi connectivity index (χ0) is 16.3. The van der Waals surface area contributed by atoms with Crippen LogP contribution in [-0.4, -0.2) is 24.2 Å². The van der Waals surface area contributed by atoms with Gasteiger partial charge in [0.25, 0.3) is 0 Å². The number of nitrogens with one attached hydrogen (secondary N) is 2. The minimum absolute atomic E-state index is 0.853. The molecule has 0 radical (unpaired) electrons. The molecular formula is C20H16N2O2. The van der Waals surface area contributed by atoms with Crippen LogP contribution in [0.1, 0.15) is 0 Å². The van der Waals surface area contributed by atoms with Crippen LogP contribution in [0.4, 0.5) is 0 Å². The number of rotatable bonds is 2. The Morgan fingerprint density at radius 3 is 1.42 bits per heavy atom. The monoisotopic (exact) mass is 316 g/mol. The molecule has 0 saturated heterocycles. The summed E-state index contributed by atoms with van der Waals surface area (Å²) in [7, 11) is 3.38. The van der Waals surface area contributed by atoms with Gasteiger partial charge in [0.2, 0.25) is 0 Å². The topological polar surface area (TPSA) is 50.0 Å². The summed E-state index contributed by atoms with van der Waals surface area (Å²) >= 11 is 0. The molecule has 24 heavy (non-hydrogen) atoms. The van der Waals surface area contributed by atoms with Crippen LogP contribution in [0.15, 0.2) is 48.5 Å². The molecule has 5 rings (SSSR count). The van der Waals surface area contributed by atoms with Gasteiger partial charge in [0.15, 0.2) is 0 Å². The average molecular weight is 316 g/mol. The molecule has 0 spiro atoms. The summed E-state index contributed by atoms with van der Waals surface area (Å²) in [6.45, 7) is 0. The van der Waals surface area contributed by atoms with Gasteiger partial charge in [-0.2, -0.15) is 0 Å². The van der Waals surface area contributed by atoms with Gasteiger partial charge in [-0.3, -0.25) is 0 Å². The normalized spacial score (nSPS) is 11.8. The van der Waals surface area contributed by atoms with Crippen molar-refractivity contribution in [2.75, 3.05) is 14.2 Å². The van der Waals surface area contributed by atoms with E-state index in [0.29, 0.717) is 0 Å². The first-order valence-corrected chi connectivity index (χ1v) is 7.86. The van der Waals surface area contributed by atoms with Crippen molar-refractivity contribution in [2.45, 2.75) is 0 Å². The molecule has 118 valence electrons. The molecule has 3 aromatic carbocycles. The highest BCUT2D eigenvalue weighted by Gasteiger charge is 2.12. The molecule has 0 saturated carbocycles. The van der Waals surface area contributed by atoms with Crippen LogP contribution in [0.5, 0.6) is 11.5 Å². The molecule has 0 fully saturated rings. The Hall–Kier alpha value is -3.14. The second kappa shape index (κ2) is 4.68. The Kier molecular flexibility index (Phi) is 2.59. The number of hydrogen-bond acceptors (Lipinski definition) is 2. The molecule has 0 aliphatic heterocycles. The lowest BCUT2D eigenvalue weighted by molar-refractivity contribution is 0.415. The zero-order valence-electron chi connectivity index (χ0n) is 13.4. The van der Waals surface area contributed by atoms with E-state index in [-0.39, 0.29) is 0 Å². The molecule has 4 heteroatoms. The number of aromatic nitrogens is 2.